The molecule has 1 heterocycles. The van der Waals surface area contributed by atoms with E-state index in [4.69, 9.17) is 0 Å². The van der Waals surface area contributed by atoms with Gasteiger partial charge in [0.2, 0.25) is 0 Å². The average Bonchev–Trinajstić information content (AvgIpc) is 2.16. The molecule has 1 aromatic rings. The molecule has 0 unspecified atom stereocenters. The molecule has 76 valence electrons. The minimum absolute atomic E-state index is 0.124. The van der Waals surface area contributed by atoms with Gasteiger partial charge in [0, 0.05) is 19.3 Å². The van der Waals surface area contributed by atoms with Gasteiger partial charge >= 0.3 is 0 Å². The van der Waals surface area contributed by atoms with Gasteiger partial charge in [-0.25, -0.2) is 4.98 Å². The highest BCUT2D eigenvalue weighted by Crippen LogP contribution is 2.11. The van der Waals surface area contributed by atoms with Crippen LogP contribution in [0, 0.1) is 0 Å². The number of rotatable bonds is 3. The van der Waals surface area contributed by atoms with E-state index < -0.39 is 0 Å². The Hall–Kier alpha value is -1.58. The summed E-state index contributed by atoms with van der Waals surface area (Å²) in [5.74, 6) is 0.503. The second-order valence-corrected chi connectivity index (χ2v) is 3.28. The van der Waals surface area contributed by atoms with E-state index in [0.717, 1.165) is 0 Å². The first-order valence-corrected chi connectivity index (χ1v) is 4.58. The van der Waals surface area contributed by atoms with Crippen molar-refractivity contribution in [3.05, 3.63) is 23.9 Å². The number of pyridine rings is 1. The van der Waals surface area contributed by atoms with Gasteiger partial charge < -0.3 is 10.6 Å². The lowest BCUT2D eigenvalue weighted by molar-refractivity contribution is 0.0963. The van der Waals surface area contributed by atoms with Crippen molar-refractivity contribution in [2.45, 2.75) is 19.9 Å². The summed E-state index contributed by atoms with van der Waals surface area (Å²) in [7, 11) is 1.61. The van der Waals surface area contributed by atoms with E-state index in [1.807, 2.05) is 13.8 Å². The molecule has 0 aliphatic rings. The SMILES string of the molecule is CNC(=O)c1cccnc1NC(C)C. The monoisotopic (exact) mass is 193 g/mol. The summed E-state index contributed by atoms with van der Waals surface area (Å²) >= 11 is 0. The van der Waals surface area contributed by atoms with E-state index >= 15 is 0 Å². The standard InChI is InChI=1S/C10H15N3O/c1-7(2)13-9-8(10(14)11-3)5-4-6-12-9/h4-7H,1-3H3,(H,11,14)(H,12,13). The zero-order chi connectivity index (χ0) is 10.6. The number of aromatic nitrogens is 1. The maximum absolute atomic E-state index is 11.4. The normalized spacial score (nSPS) is 10.0. The van der Waals surface area contributed by atoms with Crippen LogP contribution in [0.5, 0.6) is 0 Å². The number of anilines is 1. The fraction of sp³-hybridized carbons (Fsp3) is 0.400. The number of hydrogen-bond acceptors (Lipinski definition) is 3. The molecule has 0 fully saturated rings. The number of nitrogens with one attached hydrogen (secondary N) is 2. The molecule has 2 N–H and O–H groups in total. The number of carbonyl (C=O) groups excluding carboxylic acids is 1. The van der Waals surface area contributed by atoms with Gasteiger partial charge in [-0.1, -0.05) is 0 Å². The van der Waals surface area contributed by atoms with Gasteiger partial charge in [0.1, 0.15) is 5.82 Å². The molecule has 14 heavy (non-hydrogen) atoms. The van der Waals surface area contributed by atoms with E-state index in [1.165, 1.54) is 0 Å². The van der Waals surface area contributed by atoms with Crippen molar-refractivity contribution in [3.8, 4) is 0 Å². The Balaban J connectivity index is 2.97. The second kappa shape index (κ2) is 4.60. The van der Waals surface area contributed by atoms with E-state index in [-0.39, 0.29) is 11.9 Å². The van der Waals surface area contributed by atoms with Crippen LogP contribution in [-0.4, -0.2) is 24.0 Å². The largest absolute Gasteiger partial charge is 0.367 e. The van der Waals surface area contributed by atoms with Gasteiger partial charge in [-0.3, -0.25) is 4.79 Å². The topological polar surface area (TPSA) is 54.0 Å². The van der Waals surface area contributed by atoms with Crippen molar-refractivity contribution in [1.29, 1.82) is 0 Å². The zero-order valence-corrected chi connectivity index (χ0v) is 8.66. The van der Waals surface area contributed by atoms with Crippen LogP contribution in [0.2, 0.25) is 0 Å². The van der Waals surface area contributed by atoms with Gasteiger partial charge in [-0.2, -0.15) is 0 Å². The highest BCUT2D eigenvalue weighted by molar-refractivity contribution is 5.98. The molecule has 0 spiro atoms. The maximum Gasteiger partial charge on any atom is 0.254 e. The van der Waals surface area contributed by atoms with Gasteiger partial charge in [-0.15, -0.1) is 0 Å². The molecule has 0 radical (unpaired) electrons. The van der Waals surface area contributed by atoms with Gasteiger partial charge in [-0.05, 0) is 26.0 Å². The lowest BCUT2D eigenvalue weighted by atomic mass is 10.2. The summed E-state index contributed by atoms with van der Waals surface area (Å²) in [4.78, 5) is 15.5. The quantitative estimate of drug-likeness (QED) is 0.760. The predicted octanol–water partition coefficient (Wildman–Crippen LogP) is 1.26. The summed E-state index contributed by atoms with van der Waals surface area (Å²) in [5, 5.41) is 5.69. The third kappa shape index (κ3) is 2.45. The van der Waals surface area contributed by atoms with Crippen molar-refractivity contribution < 1.29 is 4.79 Å². The van der Waals surface area contributed by atoms with E-state index in [1.54, 1.807) is 25.4 Å². The molecule has 4 heteroatoms. The van der Waals surface area contributed by atoms with Crippen molar-refractivity contribution in [1.82, 2.24) is 10.3 Å². The summed E-state index contributed by atoms with van der Waals surface area (Å²) in [6, 6.07) is 3.75. The minimum Gasteiger partial charge on any atom is -0.367 e. The summed E-state index contributed by atoms with van der Waals surface area (Å²) in [6.45, 7) is 4.00. The molecule has 0 aliphatic carbocycles. The fourth-order valence-electron chi connectivity index (χ4n) is 1.11. The Morgan fingerprint density at radius 3 is 2.79 bits per heavy atom. The molecule has 4 nitrogen and oxygen atoms in total. The second-order valence-electron chi connectivity index (χ2n) is 3.28. The predicted molar refractivity (Wildman–Crippen MR) is 56.4 cm³/mol. The number of carbonyl (C=O) groups is 1. The van der Waals surface area contributed by atoms with Crippen LogP contribution in [0.4, 0.5) is 5.82 Å². The number of nitrogens with zero attached hydrogens (tertiary/aromatic N) is 1. The fourth-order valence-corrected chi connectivity index (χ4v) is 1.11. The summed E-state index contributed by atoms with van der Waals surface area (Å²) in [6.07, 6.45) is 1.66. The van der Waals surface area contributed by atoms with Crippen molar-refractivity contribution >= 4 is 11.7 Å². The average molecular weight is 193 g/mol. The van der Waals surface area contributed by atoms with Crippen LogP contribution in [0.25, 0.3) is 0 Å². The Labute approximate surface area is 83.7 Å². The molecule has 1 amide bonds. The van der Waals surface area contributed by atoms with Crippen LogP contribution in [0.3, 0.4) is 0 Å². The Morgan fingerprint density at radius 2 is 2.21 bits per heavy atom. The third-order valence-electron chi connectivity index (χ3n) is 1.70. The lowest BCUT2D eigenvalue weighted by Crippen LogP contribution is -2.22. The van der Waals surface area contributed by atoms with Crippen LogP contribution in [0.15, 0.2) is 18.3 Å². The van der Waals surface area contributed by atoms with Gasteiger partial charge in [0.25, 0.3) is 5.91 Å². The van der Waals surface area contributed by atoms with E-state index in [2.05, 4.69) is 15.6 Å². The Morgan fingerprint density at radius 1 is 1.50 bits per heavy atom. The Kier molecular flexibility index (Phi) is 3.45. The van der Waals surface area contributed by atoms with Crippen molar-refractivity contribution in [2.75, 3.05) is 12.4 Å². The molecule has 0 saturated carbocycles. The zero-order valence-electron chi connectivity index (χ0n) is 8.66. The number of amides is 1. The first kappa shape index (κ1) is 10.5. The molecular weight excluding hydrogens is 178 g/mol. The lowest BCUT2D eigenvalue weighted by Gasteiger charge is -2.12. The molecule has 1 rings (SSSR count). The van der Waals surface area contributed by atoms with Gasteiger partial charge in [0.15, 0.2) is 0 Å². The summed E-state index contributed by atoms with van der Waals surface area (Å²) in [5.41, 5.74) is 0.573. The highest BCUT2D eigenvalue weighted by atomic mass is 16.1. The minimum atomic E-state index is -0.124. The van der Waals surface area contributed by atoms with Crippen molar-refractivity contribution in [2.24, 2.45) is 0 Å². The highest BCUT2D eigenvalue weighted by Gasteiger charge is 2.10. The third-order valence-corrected chi connectivity index (χ3v) is 1.70. The first-order valence-electron chi connectivity index (χ1n) is 4.58. The van der Waals surface area contributed by atoms with Crippen LogP contribution >= 0.6 is 0 Å². The smallest absolute Gasteiger partial charge is 0.254 e. The van der Waals surface area contributed by atoms with E-state index in [0.29, 0.717) is 11.4 Å². The van der Waals surface area contributed by atoms with Crippen LogP contribution in [-0.2, 0) is 0 Å². The molecular formula is C10H15N3O. The van der Waals surface area contributed by atoms with E-state index in [9.17, 15) is 4.79 Å². The van der Waals surface area contributed by atoms with Crippen LogP contribution < -0.4 is 10.6 Å². The number of hydrogen-bond donors (Lipinski definition) is 2. The maximum atomic E-state index is 11.4. The molecule has 0 bridgehead atoms. The van der Waals surface area contributed by atoms with Gasteiger partial charge in [0.05, 0.1) is 5.56 Å². The van der Waals surface area contributed by atoms with Crippen molar-refractivity contribution in [3.63, 3.8) is 0 Å². The Bertz CT molecular complexity index is 323. The molecule has 0 aromatic carbocycles. The molecule has 0 atom stereocenters. The van der Waals surface area contributed by atoms with Crippen LogP contribution in [0.1, 0.15) is 24.2 Å². The summed E-state index contributed by atoms with van der Waals surface area (Å²) < 4.78 is 0. The molecule has 0 saturated heterocycles. The molecule has 1 aromatic heterocycles. The first-order chi connectivity index (χ1) is 6.65. The molecule has 0 aliphatic heterocycles.